The Balaban J connectivity index is 2.50. The van der Waals surface area contributed by atoms with Gasteiger partial charge in [-0.05, 0) is 5.56 Å². The van der Waals surface area contributed by atoms with Gasteiger partial charge < -0.3 is 10.1 Å². The van der Waals surface area contributed by atoms with Crippen LogP contribution in [0.4, 0.5) is 0 Å². The van der Waals surface area contributed by atoms with Gasteiger partial charge in [-0.15, -0.1) is 0 Å². The van der Waals surface area contributed by atoms with Crippen LogP contribution in [0, 0.1) is 0 Å². The summed E-state index contributed by atoms with van der Waals surface area (Å²) in [7, 11) is 0. The van der Waals surface area contributed by atoms with E-state index in [9.17, 15) is 4.79 Å². The van der Waals surface area contributed by atoms with Crippen molar-refractivity contribution in [2.24, 2.45) is 0 Å². The molecule has 0 aliphatic rings. The van der Waals surface area contributed by atoms with Crippen LogP contribution >= 0.6 is 0 Å². The van der Waals surface area contributed by atoms with Crippen molar-refractivity contribution < 1.29 is 9.90 Å². The van der Waals surface area contributed by atoms with E-state index < -0.39 is 5.97 Å². The molecule has 0 atom stereocenters. The molecule has 4 nitrogen and oxygen atoms in total. The van der Waals surface area contributed by atoms with Crippen molar-refractivity contribution in [2.75, 3.05) is 0 Å². The lowest BCUT2D eigenvalue weighted by Crippen LogP contribution is -1.95. The van der Waals surface area contributed by atoms with Gasteiger partial charge in [-0.2, -0.15) is 0 Å². The minimum absolute atomic E-state index is 0.00821. The number of aromatic carboxylic acids is 1. The highest BCUT2D eigenvalue weighted by atomic mass is 16.4. The lowest BCUT2D eigenvalue weighted by Gasteiger charge is -2.01. The van der Waals surface area contributed by atoms with Crippen molar-refractivity contribution in [1.29, 1.82) is 0 Å². The number of rotatable bonds is 3. The summed E-state index contributed by atoms with van der Waals surface area (Å²) in [5, 5.41) is 8.77. The molecule has 2 N–H and O–H groups in total. The summed E-state index contributed by atoms with van der Waals surface area (Å²) in [4.78, 5) is 17.5. The molecule has 2 rings (SSSR count). The first-order valence-corrected chi connectivity index (χ1v) is 4.73. The van der Waals surface area contributed by atoms with Gasteiger partial charge in [0.05, 0.1) is 0 Å². The van der Waals surface area contributed by atoms with Gasteiger partial charge in [0.1, 0.15) is 5.82 Å². The third-order valence-corrected chi connectivity index (χ3v) is 2.23. The first kappa shape index (κ1) is 10.2. The number of aromatic amines is 1. The predicted molar refractivity (Wildman–Crippen MR) is 61.1 cm³/mol. The maximum Gasteiger partial charge on any atom is 0.356 e. The smallest absolute Gasteiger partial charge is 0.356 e. The topological polar surface area (TPSA) is 66.0 Å². The lowest BCUT2D eigenvalue weighted by molar-refractivity contribution is 0.0691. The molecule has 0 amide bonds. The minimum atomic E-state index is -1.04. The summed E-state index contributed by atoms with van der Waals surface area (Å²) in [5.41, 5.74) is 1.76. The van der Waals surface area contributed by atoms with Crippen LogP contribution < -0.4 is 0 Å². The Morgan fingerprint density at radius 3 is 2.81 bits per heavy atom. The minimum Gasteiger partial charge on any atom is -0.476 e. The van der Waals surface area contributed by atoms with E-state index in [1.54, 1.807) is 6.08 Å². The molecule has 0 saturated carbocycles. The lowest BCUT2D eigenvalue weighted by atomic mass is 10.1. The van der Waals surface area contributed by atoms with Crippen LogP contribution in [-0.4, -0.2) is 21.0 Å². The van der Waals surface area contributed by atoms with Gasteiger partial charge in [0.25, 0.3) is 0 Å². The molecule has 0 spiro atoms. The Morgan fingerprint density at radius 2 is 2.19 bits per heavy atom. The zero-order valence-corrected chi connectivity index (χ0v) is 8.47. The van der Waals surface area contributed by atoms with E-state index in [2.05, 4.69) is 16.5 Å². The zero-order chi connectivity index (χ0) is 11.5. The van der Waals surface area contributed by atoms with Crippen LogP contribution in [0.2, 0.25) is 0 Å². The van der Waals surface area contributed by atoms with Gasteiger partial charge in [-0.25, -0.2) is 9.78 Å². The Labute approximate surface area is 92.3 Å². The molecule has 80 valence electrons. The van der Waals surface area contributed by atoms with Gasteiger partial charge >= 0.3 is 5.97 Å². The van der Waals surface area contributed by atoms with Gasteiger partial charge in [0.15, 0.2) is 5.69 Å². The fourth-order valence-corrected chi connectivity index (χ4v) is 1.46. The highest BCUT2D eigenvalue weighted by molar-refractivity contribution is 5.86. The predicted octanol–water partition coefficient (Wildman–Crippen LogP) is 2.42. The largest absolute Gasteiger partial charge is 0.476 e. The fourth-order valence-electron chi connectivity index (χ4n) is 1.46. The first-order chi connectivity index (χ1) is 7.72. The number of hydrogen-bond acceptors (Lipinski definition) is 2. The highest BCUT2D eigenvalue weighted by Crippen LogP contribution is 2.21. The number of benzene rings is 1. The summed E-state index contributed by atoms with van der Waals surface area (Å²) < 4.78 is 0. The number of carbonyl (C=O) groups is 1. The van der Waals surface area contributed by atoms with Crippen molar-refractivity contribution in [3.63, 3.8) is 0 Å². The average Bonchev–Trinajstić information content (AvgIpc) is 2.78. The summed E-state index contributed by atoms with van der Waals surface area (Å²) in [6.07, 6.45) is 3.08. The number of hydrogen-bond donors (Lipinski definition) is 2. The molecule has 4 heteroatoms. The van der Waals surface area contributed by atoms with Crippen molar-refractivity contribution in [2.45, 2.75) is 0 Å². The molecule has 0 bridgehead atoms. The highest BCUT2D eigenvalue weighted by Gasteiger charge is 2.10. The second-order valence-corrected chi connectivity index (χ2v) is 3.23. The van der Waals surface area contributed by atoms with Crippen LogP contribution in [0.5, 0.6) is 0 Å². The van der Waals surface area contributed by atoms with E-state index >= 15 is 0 Å². The average molecular weight is 214 g/mol. The summed E-state index contributed by atoms with van der Waals surface area (Å²) in [5.74, 6) is -0.508. The van der Waals surface area contributed by atoms with Crippen molar-refractivity contribution in [1.82, 2.24) is 9.97 Å². The molecule has 0 fully saturated rings. The van der Waals surface area contributed by atoms with E-state index in [-0.39, 0.29) is 5.69 Å². The quantitative estimate of drug-likeness (QED) is 0.824. The van der Waals surface area contributed by atoms with E-state index in [4.69, 9.17) is 5.11 Å². The molecule has 2 aromatic rings. The molecular formula is C12H10N2O2. The fraction of sp³-hybridized carbons (Fsp3) is 0. The second kappa shape index (κ2) is 4.02. The second-order valence-electron chi connectivity index (χ2n) is 3.23. The number of nitrogens with zero attached hydrogens (tertiary/aromatic N) is 1. The maximum atomic E-state index is 10.7. The van der Waals surface area contributed by atoms with Crippen LogP contribution in [-0.2, 0) is 0 Å². The van der Waals surface area contributed by atoms with Gasteiger partial charge in [-0.3, -0.25) is 0 Å². The first-order valence-electron chi connectivity index (χ1n) is 4.73. The number of aromatic nitrogens is 2. The SMILES string of the molecule is C=Cc1ccccc1-c1nc(C(=O)O)c[nH]1. The Hall–Kier alpha value is -2.36. The van der Waals surface area contributed by atoms with Crippen molar-refractivity contribution in [3.8, 4) is 11.4 Å². The monoisotopic (exact) mass is 214 g/mol. The molecular weight excluding hydrogens is 204 g/mol. The summed E-state index contributed by atoms with van der Waals surface area (Å²) in [6, 6.07) is 7.51. The van der Waals surface area contributed by atoms with Gasteiger partial charge in [-0.1, -0.05) is 36.9 Å². The Kier molecular flexibility index (Phi) is 2.55. The van der Waals surface area contributed by atoms with Crippen LogP contribution in [0.3, 0.4) is 0 Å². The number of H-pyrrole nitrogens is 1. The third-order valence-electron chi connectivity index (χ3n) is 2.23. The van der Waals surface area contributed by atoms with Gasteiger partial charge in [0, 0.05) is 11.8 Å². The van der Waals surface area contributed by atoms with Crippen molar-refractivity contribution in [3.05, 3.63) is 48.3 Å². The number of nitrogens with one attached hydrogen (secondary N) is 1. The van der Waals surface area contributed by atoms with Crippen LogP contribution in [0.1, 0.15) is 16.1 Å². The number of carboxylic acid groups (broad SMARTS) is 1. The summed E-state index contributed by atoms with van der Waals surface area (Å²) >= 11 is 0. The Morgan fingerprint density at radius 1 is 1.44 bits per heavy atom. The third kappa shape index (κ3) is 1.72. The van der Waals surface area contributed by atoms with Crippen LogP contribution in [0.25, 0.3) is 17.5 Å². The normalized spacial score (nSPS) is 10.0. The molecule has 1 aromatic carbocycles. The zero-order valence-electron chi connectivity index (χ0n) is 8.47. The molecule has 0 saturated heterocycles. The number of carboxylic acids is 1. The number of imidazole rings is 1. The van der Waals surface area contributed by atoms with Crippen LogP contribution in [0.15, 0.2) is 37.0 Å². The van der Waals surface area contributed by atoms with Crippen molar-refractivity contribution >= 4 is 12.0 Å². The molecule has 1 aromatic heterocycles. The molecule has 0 radical (unpaired) electrons. The molecule has 1 heterocycles. The molecule has 0 aliphatic heterocycles. The maximum absolute atomic E-state index is 10.7. The van der Waals surface area contributed by atoms with E-state index in [1.807, 2.05) is 24.3 Å². The summed E-state index contributed by atoms with van der Waals surface area (Å²) in [6.45, 7) is 3.70. The molecule has 0 unspecified atom stereocenters. The molecule has 16 heavy (non-hydrogen) atoms. The Bertz CT molecular complexity index is 543. The standard InChI is InChI=1S/C12H10N2O2/c1-2-8-5-3-4-6-9(8)11-13-7-10(14-11)12(15)16/h2-7H,1H2,(H,13,14)(H,15,16). The van der Waals surface area contributed by atoms with Gasteiger partial charge in [0.2, 0.25) is 0 Å². The molecule has 0 aliphatic carbocycles. The van der Waals surface area contributed by atoms with E-state index in [0.717, 1.165) is 11.1 Å². The van der Waals surface area contributed by atoms with E-state index in [1.165, 1.54) is 6.20 Å². The van der Waals surface area contributed by atoms with E-state index in [0.29, 0.717) is 5.82 Å².